The van der Waals surface area contributed by atoms with Gasteiger partial charge in [0, 0.05) is 57.1 Å². The maximum absolute atomic E-state index is 14.1. The number of halogens is 1. The lowest BCUT2D eigenvalue weighted by Gasteiger charge is -2.41. The van der Waals surface area contributed by atoms with Gasteiger partial charge in [-0.3, -0.25) is 14.5 Å². The zero-order valence-electron chi connectivity index (χ0n) is 20.0. The molecule has 1 aromatic carbocycles. The lowest BCUT2D eigenvalue weighted by Crippen LogP contribution is -2.50. The molecule has 0 N–H and O–H groups in total. The summed E-state index contributed by atoms with van der Waals surface area (Å²) in [5.41, 5.74) is -0.855. The van der Waals surface area contributed by atoms with Crippen LogP contribution in [0.15, 0.2) is 32.7 Å². The predicted octanol–water partition coefficient (Wildman–Crippen LogP) is 3.25. The zero-order valence-corrected chi connectivity index (χ0v) is 21.6. The maximum Gasteiger partial charge on any atom is 0.262 e. The highest BCUT2D eigenvalue weighted by Crippen LogP contribution is 2.50. The van der Waals surface area contributed by atoms with Gasteiger partial charge >= 0.3 is 0 Å². The SMILES string of the molecule is CC(=O)N1CCC(CN2C(=O)C3(CC(C)(C)Oc4ccc(Br)cc43)N=C2/N=C/N(C)C)CC1. The molecule has 3 heterocycles. The molecule has 1 saturated heterocycles. The van der Waals surface area contributed by atoms with Crippen molar-refractivity contribution in [2.24, 2.45) is 15.9 Å². The van der Waals surface area contributed by atoms with Crippen LogP contribution in [0.4, 0.5) is 0 Å². The summed E-state index contributed by atoms with van der Waals surface area (Å²) in [5, 5.41) is 0. The van der Waals surface area contributed by atoms with Gasteiger partial charge in [0.1, 0.15) is 11.4 Å². The summed E-state index contributed by atoms with van der Waals surface area (Å²) >= 11 is 3.55. The Kier molecular flexibility index (Phi) is 6.28. The fourth-order valence-corrected chi connectivity index (χ4v) is 5.32. The van der Waals surface area contributed by atoms with Crippen LogP contribution < -0.4 is 4.74 Å². The third-order valence-corrected chi connectivity index (χ3v) is 6.98. The number of piperidine rings is 1. The van der Waals surface area contributed by atoms with Gasteiger partial charge in [0.05, 0.1) is 6.34 Å². The molecule has 178 valence electrons. The molecule has 0 bridgehead atoms. The number of fused-ring (bicyclic) bond motifs is 2. The molecule has 1 spiro atoms. The molecule has 1 aromatic rings. The van der Waals surface area contributed by atoms with E-state index in [4.69, 9.17) is 9.73 Å². The van der Waals surface area contributed by atoms with Crippen molar-refractivity contribution in [3.63, 3.8) is 0 Å². The van der Waals surface area contributed by atoms with Gasteiger partial charge in [-0.2, -0.15) is 0 Å². The Bertz CT molecular complexity index is 1010. The molecule has 0 radical (unpaired) electrons. The number of ether oxygens (including phenoxy) is 1. The number of rotatable bonds is 3. The fraction of sp³-hybridized carbons (Fsp3) is 0.583. The first kappa shape index (κ1) is 23.7. The highest BCUT2D eigenvalue weighted by atomic mass is 79.9. The highest BCUT2D eigenvalue weighted by Gasteiger charge is 2.57. The normalized spacial score (nSPS) is 24.8. The van der Waals surface area contributed by atoms with Crippen molar-refractivity contribution in [2.45, 2.75) is 51.2 Å². The van der Waals surface area contributed by atoms with E-state index in [1.54, 1.807) is 18.2 Å². The van der Waals surface area contributed by atoms with Crippen LogP contribution in [0.25, 0.3) is 0 Å². The summed E-state index contributed by atoms with van der Waals surface area (Å²) in [6, 6.07) is 5.75. The van der Waals surface area contributed by atoms with Crippen molar-refractivity contribution >= 4 is 40.0 Å². The van der Waals surface area contributed by atoms with Crippen molar-refractivity contribution in [3.8, 4) is 5.75 Å². The molecule has 1 unspecified atom stereocenters. The van der Waals surface area contributed by atoms with Gasteiger partial charge in [0.2, 0.25) is 11.9 Å². The Morgan fingerprint density at radius 2 is 2.03 bits per heavy atom. The minimum atomic E-state index is -1.07. The average molecular weight is 518 g/mol. The van der Waals surface area contributed by atoms with Crippen LogP contribution in [-0.4, -0.2) is 78.1 Å². The molecule has 4 rings (SSSR count). The number of guanidine groups is 1. The number of hydrogen-bond acceptors (Lipinski definition) is 5. The molecule has 9 heteroatoms. The van der Waals surface area contributed by atoms with Crippen LogP contribution in [0.3, 0.4) is 0 Å². The number of carbonyl (C=O) groups excluding carboxylic acids is 2. The fourth-order valence-electron chi connectivity index (χ4n) is 4.96. The zero-order chi connectivity index (χ0) is 24.0. The van der Waals surface area contributed by atoms with E-state index in [1.165, 1.54) is 0 Å². The molecule has 0 aliphatic carbocycles. The summed E-state index contributed by atoms with van der Waals surface area (Å²) < 4.78 is 7.09. The Hall–Kier alpha value is -2.42. The third kappa shape index (κ3) is 4.65. The van der Waals surface area contributed by atoms with Crippen LogP contribution in [0, 0.1) is 5.92 Å². The predicted molar refractivity (Wildman–Crippen MR) is 131 cm³/mol. The Balaban J connectivity index is 1.70. The van der Waals surface area contributed by atoms with Crippen LogP contribution in [0.5, 0.6) is 5.75 Å². The van der Waals surface area contributed by atoms with Gasteiger partial charge < -0.3 is 14.5 Å². The molecule has 0 aromatic heterocycles. The minimum absolute atomic E-state index is 0.0573. The second-order valence-electron chi connectivity index (χ2n) is 10.0. The van der Waals surface area contributed by atoms with Crippen LogP contribution >= 0.6 is 15.9 Å². The molecule has 3 aliphatic heterocycles. The monoisotopic (exact) mass is 517 g/mol. The average Bonchev–Trinajstić information content (AvgIpc) is 2.98. The number of hydrogen-bond donors (Lipinski definition) is 0. The Labute approximate surface area is 203 Å². The molecule has 33 heavy (non-hydrogen) atoms. The smallest absolute Gasteiger partial charge is 0.262 e. The second kappa shape index (κ2) is 8.74. The van der Waals surface area contributed by atoms with Gasteiger partial charge in [-0.1, -0.05) is 15.9 Å². The number of amides is 2. The Morgan fingerprint density at radius 3 is 2.67 bits per heavy atom. The molecule has 3 aliphatic rings. The van der Waals surface area contributed by atoms with E-state index in [1.807, 2.05) is 55.9 Å². The van der Waals surface area contributed by atoms with Crippen LogP contribution in [-0.2, 0) is 15.1 Å². The molecule has 1 fully saturated rings. The van der Waals surface area contributed by atoms with E-state index in [-0.39, 0.29) is 17.7 Å². The number of likely N-dealkylation sites (tertiary alicyclic amines) is 1. The number of aliphatic imine (C=N–C) groups is 2. The van der Waals surface area contributed by atoms with Crippen LogP contribution in [0.1, 0.15) is 45.6 Å². The van der Waals surface area contributed by atoms with E-state index in [2.05, 4.69) is 20.9 Å². The van der Waals surface area contributed by atoms with E-state index < -0.39 is 11.1 Å². The van der Waals surface area contributed by atoms with Crippen molar-refractivity contribution in [1.82, 2.24) is 14.7 Å². The first-order chi connectivity index (χ1) is 15.5. The van der Waals surface area contributed by atoms with Crippen molar-refractivity contribution < 1.29 is 14.3 Å². The molecular weight excluding hydrogens is 486 g/mol. The standard InChI is InChI=1S/C24H32BrN5O3/c1-16(31)29-10-8-17(9-11-29)13-30-21(32)24(27-22(30)26-15-28(4)5)14-23(2,3)33-20-7-6-18(25)12-19(20)24/h6-7,12,15,17H,8-11,13-14H2,1-5H3/b26-15+. The van der Waals surface area contributed by atoms with Gasteiger partial charge in [-0.25, -0.2) is 9.98 Å². The number of nitrogens with zero attached hydrogens (tertiary/aromatic N) is 5. The summed E-state index contributed by atoms with van der Waals surface area (Å²) in [5.74, 6) is 1.45. The molecule has 1 atom stereocenters. The van der Waals surface area contributed by atoms with E-state index in [9.17, 15) is 9.59 Å². The Morgan fingerprint density at radius 1 is 1.33 bits per heavy atom. The third-order valence-electron chi connectivity index (χ3n) is 6.49. The number of benzene rings is 1. The first-order valence-electron chi connectivity index (χ1n) is 11.4. The molecular formula is C24H32BrN5O3. The van der Waals surface area contributed by atoms with Gasteiger partial charge in [-0.05, 0) is 50.8 Å². The van der Waals surface area contributed by atoms with Gasteiger partial charge in [-0.15, -0.1) is 0 Å². The van der Waals surface area contributed by atoms with Crippen molar-refractivity contribution in [1.29, 1.82) is 0 Å². The molecule has 8 nitrogen and oxygen atoms in total. The second-order valence-corrected chi connectivity index (χ2v) is 10.9. The summed E-state index contributed by atoms with van der Waals surface area (Å²) in [7, 11) is 3.78. The molecule has 2 amide bonds. The topological polar surface area (TPSA) is 77.8 Å². The van der Waals surface area contributed by atoms with Gasteiger partial charge in [0.15, 0.2) is 5.54 Å². The lowest BCUT2D eigenvalue weighted by atomic mass is 9.77. The maximum atomic E-state index is 14.1. The van der Waals surface area contributed by atoms with E-state index in [0.717, 1.165) is 36.0 Å². The summed E-state index contributed by atoms with van der Waals surface area (Å²) in [6.07, 6.45) is 3.83. The first-order valence-corrected chi connectivity index (χ1v) is 12.2. The minimum Gasteiger partial charge on any atom is -0.487 e. The highest BCUT2D eigenvalue weighted by molar-refractivity contribution is 9.10. The van der Waals surface area contributed by atoms with Crippen molar-refractivity contribution in [2.75, 3.05) is 33.7 Å². The summed E-state index contributed by atoms with van der Waals surface area (Å²) in [4.78, 5) is 40.9. The van der Waals surface area contributed by atoms with E-state index >= 15 is 0 Å². The summed E-state index contributed by atoms with van der Waals surface area (Å²) in [6.45, 7) is 7.57. The number of carbonyl (C=O) groups is 2. The van der Waals surface area contributed by atoms with Gasteiger partial charge in [0.25, 0.3) is 5.91 Å². The largest absolute Gasteiger partial charge is 0.487 e. The lowest BCUT2D eigenvalue weighted by molar-refractivity contribution is -0.136. The molecule has 0 saturated carbocycles. The van der Waals surface area contributed by atoms with Crippen LogP contribution in [0.2, 0.25) is 0 Å². The van der Waals surface area contributed by atoms with Crippen molar-refractivity contribution in [3.05, 3.63) is 28.2 Å². The van der Waals surface area contributed by atoms with E-state index in [0.29, 0.717) is 24.7 Å². The quantitative estimate of drug-likeness (QED) is 0.455.